The maximum absolute atomic E-state index is 11.6. The van der Waals surface area contributed by atoms with Crippen molar-refractivity contribution >= 4 is 23.2 Å². The number of hydrogen-bond acceptors (Lipinski definition) is 6. The molecular formula is C22H23ClN2O5. The van der Waals surface area contributed by atoms with E-state index in [0.717, 1.165) is 29.8 Å². The molecule has 1 amide bonds. The molecule has 2 N–H and O–H groups in total. The Morgan fingerprint density at radius 1 is 1.20 bits per heavy atom. The summed E-state index contributed by atoms with van der Waals surface area (Å²) in [7, 11) is 0. The molecule has 0 radical (unpaired) electrons. The number of aliphatic hydroxyl groups is 1. The highest BCUT2D eigenvalue weighted by Gasteiger charge is 2.30. The number of likely N-dealkylation sites (tertiary alicyclic amines) is 1. The molecule has 0 saturated carbocycles. The van der Waals surface area contributed by atoms with Gasteiger partial charge in [0.1, 0.15) is 18.0 Å². The highest BCUT2D eigenvalue weighted by atomic mass is 35.5. The van der Waals surface area contributed by atoms with Gasteiger partial charge in [-0.15, -0.1) is 0 Å². The Hall–Kier alpha value is -2.48. The minimum atomic E-state index is -0.628. The number of amides is 1. The van der Waals surface area contributed by atoms with Crippen LogP contribution < -0.4 is 19.5 Å². The van der Waals surface area contributed by atoms with E-state index in [9.17, 15) is 9.90 Å². The summed E-state index contributed by atoms with van der Waals surface area (Å²) in [6.45, 7) is 2.08. The molecule has 0 aromatic heterocycles. The summed E-state index contributed by atoms with van der Waals surface area (Å²) in [5, 5.41) is 14.2. The van der Waals surface area contributed by atoms with Crippen LogP contribution in [0.1, 0.15) is 24.0 Å². The number of ether oxygens (including phenoxy) is 3. The lowest BCUT2D eigenvalue weighted by atomic mass is 10.0. The molecule has 0 spiro atoms. The van der Waals surface area contributed by atoms with Gasteiger partial charge < -0.3 is 24.6 Å². The average Bonchev–Trinajstić information content (AvgIpc) is 3.17. The van der Waals surface area contributed by atoms with Crippen molar-refractivity contribution in [1.29, 1.82) is 0 Å². The summed E-state index contributed by atoms with van der Waals surface area (Å²) in [4.78, 5) is 13.8. The molecule has 2 atom stereocenters. The van der Waals surface area contributed by atoms with Crippen LogP contribution >= 0.6 is 11.6 Å². The third kappa shape index (κ3) is 3.93. The average molecular weight is 431 g/mol. The summed E-state index contributed by atoms with van der Waals surface area (Å²) >= 11 is 6.39. The van der Waals surface area contributed by atoms with Gasteiger partial charge in [-0.2, -0.15) is 0 Å². The maximum Gasteiger partial charge on any atom is 0.231 e. The van der Waals surface area contributed by atoms with Crippen LogP contribution in [0.15, 0.2) is 30.3 Å². The molecule has 5 rings (SSSR count). The Bertz CT molecular complexity index is 982. The number of nitrogens with one attached hydrogen (secondary N) is 1. The second-order valence-electron chi connectivity index (χ2n) is 7.91. The van der Waals surface area contributed by atoms with E-state index in [1.54, 1.807) is 6.07 Å². The zero-order valence-electron chi connectivity index (χ0n) is 16.4. The van der Waals surface area contributed by atoms with Gasteiger partial charge in [0.05, 0.1) is 0 Å². The molecular weight excluding hydrogens is 408 g/mol. The first kappa shape index (κ1) is 19.5. The number of anilines is 1. The molecule has 3 heterocycles. The second-order valence-corrected chi connectivity index (χ2v) is 8.32. The molecule has 0 bridgehead atoms. The normalized spacial score (nSPS) is 23.1. The number of aliphatic hydroxyl groups excluding tert-OH is 1. The van der Waals surface area contributed by atoms with Crippen molar-refractivity contribution in [3.05, 3.63) is 46.5 Å². The molecule has 8 heteroatoms. The number of rotatable bonds is 4. The highest BCUT2D eigenvalue weighted by Crippen LogP contribution is 2.37. The standard InChI is InChI=1S/C22H23ClN2O5/c23-16-9-21-20(28-12-29-21)7-14(16)10-25-6-5-19(18(26)11-25)30-15-3-1-13-2-4-22(27)24-17(13)8-15/h1,3,7-9,18-19,26H,2,4-6,10-12H2,(H,24,27)/t18-,19-/m1/s1. The van der Waals surface area contributed by atoms with E-state index in [1.807, 2.05) is 24.3 Å². The van der Waals surface area contributed by atoms with E-state index in [4.69, 9.17) is 25.8 Å². The smallest absolute Gasteiger partial charge is 0.231 e. The van der Waals surface area contributed by atoms with Crippen LogP contribution in [0.5, 0.6) is 17.2 Å². The molecule has 1 saturated heterocycles. The van der Waals surface area contributed by atoms with Gasteiger partial charge in [0, 0.05) is 48.9 Å². The zero-order valence-corrected chi connectivity index (χ0v) is 17.2. The van der Waals surface area contributed by atoms with E-state index in [-0.39, 0.29) is 18.8 Å². The molecule has 7 nitrogen and oxygen atoms in total. The molecule has 3 aliphatic rings. The molecule has 1 fully saturated rings. The lowest BCUT2D eigenvalue weighted by Crippen LogP contribution is -2.48. The number of carbonyl (C=O) groups excluding carboxylic acids is 1. The highest BCUT2D eigenvalue weighted by molar-refractivity contribution is 6.31. The molecule has 0 unspecified atom stereocenters. The van der Waals surface area contributed by atoms with E-state index < -0.39 is 6.10 Å². The number of halogens is 1. The molecule has 2 aromatic rings. The van der Waals surface area contributed by atoms with Crippen molar-refractivity contribution in [2.45, 2.75) is 38.0 Å². The summed E-state index contributed by atoms with van der Waals surface area (Å²) in [5.74, 6) is 2.05. The van der Waals surface area contributed by atoms with Crippen LogP contribution in [-0.4, -0.2) is 48.0 Å². The lowest BCUT2D eigenvalue weighted by molar-refractivity contribution is -0.116. The van der Waals surface area contributed by atoms with Gasteiger partial charge in [0.25, 0.3) is 0 Å². The first-order valence-electron chi connectivity index (χ1n) is 10.1. The van der Waals surface area contributed by atoms with E-state index in [2.05, 4.69) is 10.2 Å². The van der Waals surface area contributed by atoms with Crippen LogP contribution in [0, 0.1) is 0 Å². The fraction of sp³-hybridized carbons (Fsp3) is 0.409. The minimum absolute atomic E-state index is 0.0233. The third-order valence-corrected chi connectivity index (χ3v) is 6.16. The Balaban J connectivity index is 1.21. The van der Waals surface area contributed by atoms with Crippen molar-refractivity contribution in [2.75, 3.05) is 25.2 Å². The Morgan fingerprint density at radius 3 is 2.87 bits per heavy atom. The van der Waals surface area contributed by atoms with Crippen molar-refractivity contribution in [2.24, 2.45) is 0 Å². The van der Waals surface area contributed by atoms with Gasteiger partial charge >= 0.3 is 0 Å². The third-order valence-electron chi connectivity index (χ3n) is 5.80. The number of aryl methyl sites for hydroxylation is 1. The van der Waals surface area contributed by atoms with Crippen LogP contribution in [0.2, 0.25) is 5.02 Å². The summed E-state index contributed by atoms with van der Waals surface area (Å²) in [5.41, 5.74) is 2.85. The minimum Gasteiger partial charge on any atom is -0.488 e. The first-order chi connectivity index (χ1) is 14.5. The molecule has 2 aromatic carbocycles. The number of nitrogens with zero attached hydrogens (tertiary/aromatic N) is 1. The molecule has 0 aliphatic carbocycles. The predicted octanol–water partition coefficient (Wildman–Crippen LogP) is 2.97. The van der Waals surface area contributed by atoms with Crippen molar-refractivity contribution < 1.29 is 24.1 Å². The SMILES string of the molecule is O=C1CCc2ccc(O[C@@H]3CCN(Cc4cc5c(cc4Cl)OCO5)C[C@H]3O)cc2N1. The molecule has 30 heavy (non-hydrogen) atoms. The first-order valence-corrected chi connectivity index (χ1v) is 10.5. The fourth-order valence-electron chi connectivity index (χ4n) is 4.18. The number of β-amino-alcohol motifs (C(OH)–C–C–N with tert-alkyl or cyclic N) is 1. The molecule has 158 valence electrons. The van der Waals surface area contributed by atoms with Gasteiger partial charge in [-0.3, -0.25) is 9.69 Å². The monoisotopic (exact) mass is 430 g/mol. The maximum atomic E-state index is 11.6. The van der Waals surface area contributed by atoms with E-state index in [0.29, 0.717) is 48.2 Å². The second kappa shape index (κ2) is 7.98. The quantitative estimate of drug-likeness (QED) is 0.776. The van der Waals surface area contributed by atoms with Crippen LogP contribution in [0.4, 0.5) is 5.69 Å². The van der Waals surface area contributed by atoms with Crippen molar-refractivity contribution in [3.8, 4) is 17.2 Å². The predicted molar refractivity (Wildman–Crippen MR) is 111 cm³/mol. The van der Waals surface area contributed by atoms with Crippen molar-refractivity contribution in [1.82, 2.24) is 4.90 Å². The van der Waals surface area contributed by atoms with Crippen LogP contribution in [0.3, 0.4) is 0 Å². The van der Waals surface area contributed by atoms with Gasteiger partial charge in [0.15, 0.2) is 11.5 Å². The largest absolute Gasteiger partial charge is 0.488 e. The van der Waals surface area contributed by atoms with Gasteiger partial charge in [-0.05, 0) is 36.1 Å². The number of piperidine rings is 1. The Labute approximate surface area is 179 Å². The van der Waals surface area contributed by atoms with Crippen LogP contribution in [0.25, 0.3) is 0 Å². The summed E-state index contributed by atoms with van der Waals surface area (Å²) in [6.07, 6.45) is 1.01. The Morgan fingerprint density at radius 2 is 2.03 bits per heavy atom. The summed E-state index contributed by atoms with van der Waals surface area (Å²) < 4.78 is 16.9. The lowest BCUT2D eigenvalue weighted by Gasteiger charge is -2.36. The van der Waals surface area contributed by atoms with Gasteiger partial charge in [0.2, 0.25) is 12.7 Å². The van der Waals surface area contributed by atoms with Crippen LogP contribution in [-0.2, 0) is 17.8 Å². The van der Waals surface area contributed by atoms with Gasteiger partial charge in [-0.25, -0.2) is 0 Å². The number of carbonyl (C=O) groups is 1. The zero-order chi connectivity index (χ0) is 20.7. The number of fused-ring (bicyclic) bond motifs is 2. The Kier molecular flexibility index (Phi) is 5.18. The van der Waals surface area contributed by atoms with E-state index >= 15 is 0 Å². The topological polar surface area (TPSA) is 80.3 Å². The molecule has 3 aliphatic heterocycles. The number of hydrogen-bond donors (Lipinski definition) is 2. The number of benzene rings is 2. The van der Waals surface area contributed by atoms with E-state index in [1.165, 1.54) is 0 Å². The van der Waals surface area contributed by atoms with Gasteiger partial charge in [-0.1, -0.05) is 17.7 Å². The fourth-order valence-corrected chi connectivity index (χ4v) is 4.39. The van der Waals surface area contributed by atoms with Crippen molar-refractivity contribution in [3.63, 3.8) is 0 Å². The summed E-state index contributed by atoms with van der Waals surface area (Å²) in [6, 6.07) is 9.41.